The van der Waals surface area contributed by atoms with Crippen LogP contribution in [0.15, 0.2) is 30.5 Å². The van der Waals surface area contributed by atoms with E-state index in [9.17, 15) is 4.79 Å². The number of carbonyl (C=O) groups is 1. The fraction of sp³-hybridized carbons (Fsp3) is 0.286. The molecular weight excluding hydrogens is 258 g/mol. The van der Waals surface area contributed by atoms with Gasteiger partial charge >= 0.3 is 0 Å². The molecule has 5 heteroatoms. The molecule has 0 radical (unpaired) electrons. The van der Waals surface area contributed by atoms with Crippen LogP contribution in [0.25, 0.3) is 0 Å². The fourth-order valence-corrected chi connectivity index (χ4v) is 2.36. The molecule has 0 atom stereocenters. The predicted molar refractivity (Wildman–Crippen MR) is 79.4 cm³/mol. The highest BCUT2D eigenvalue weighted by atomic mass is 32.1. The predicted octanol–water partition coefficient (Wildman–Crippen LogP) is 2.95. The maximum absolute atomic E-state index is 12.4. The fourth-order valence-electron chi connectivity index (χ4n) is 1.70. The summed E-state index contributed by atoms with van der Waals surface area (Å²) < 4.78 is 0. The van der Waals surface area contributed by atoms with Crippen LogP contribution in [0, 0.1) is 6.92 Å². The quantitative estimate of drug-likeness (QED) is 0.846. The normalized spacial score (nSPS) is 11.3. The SMILES string of the molecule is Cc1cnc(NC(=O)C(C)(C)c2ccc(N)cc2)s1. The lowest BCUT2D eigenvalue weighted by molar-refractivity contribution is -0.120. The summed E-state index contributed by atoms with van der Waals surface area (Å²) >= 11 is 1.47. The van der Waals surface area contributed by atoms with Gasteiger partial charge in [0.15, 0.2) is 5.13 Å². The minimum atomic E-state index is -0.632. The van der Waals surface area contributed by atoms with E-state index in [2.05, 4.69) is 10.3 Å². The topological polar surface area (TPSA) is 68.0 Å². The van der Waals surface area contributed by atoms with Gasteiger partial charge < -0.3 is 11.1 Å². The first-order valence-electron chi connectivity index (χ1n) is 5.99. The third-order valence-corrected chi connectivity index (χ3v) is 3.87. The molecule has 1 heterocycles. The highest BCUT2D eigenvalue weighted by molar-refractivity contribution is 7.15. The summed E-state index contributed by atoms with van der Waals surface area (Å²) in [7, 11) is 0. The van der Waals surface area contributed by atoms with Crippen molar-refractivity contribution in [2.24, 2.45) is 0 Å². The second-order valence-corrected chi connectivity index (χ2v) is 6.21. The average Bonchev–Trinajstić information content (AvgIpc) is 2.75. The molecule has 0 aliphatic carbocycles. The van der Waals surface area contributed by atoms with Gasteiger partial charge in [-0.25, -0.2) is 4.98 Å². The molecule has 2 rings (SSSR count). The van der Waals surface area contributed by atoms with Gasteiger partial charge in [0.25, 0.3) is 0 Å². The maximum Gasteiger partial charge on any atom is 0.236 e. The Hall–Kier alpha value is -1.88. The zero-order valence-corrected chi connectivity index (χ0v) is 12.0. The molecule has 0 unspecified atom stereocenters. The van der Waals surface area contributed by atoms with Gasteiger partial charge in [-0.3, -0.25) is 4.79 Å². The lowest BCUT2D eigenvalue weighted by atomic mass is 9.83. The number of rotatable bonds is 3. The molecule has 0 fully saturated rings. The van der Waals surface area contributed by atoms with Crippen LogP contribution < -0.4 is 11.1 Å². The van der Waals surface area contributed by atoms with E-state index in [1.165, 1.54) is 11.3 Å². The number of nitrogen functional groups attached to an aromatic ring is 1. The number of hydrogen-bond donors (Lipinski definition) is 2. The van der Waals surface area contributed by atoms with Crippen molar-refractivity contribution in [1.29, 1.82) is 0 Å². The first-order chi connectivity index (χ1) is 8.89. The summed E-state index contributed by atoms with van der Waals surface area (Å²) in [5, 5.41) is 3.48. The largest absolute Gasteiger partial charge is 0.399 e. The third kappa shape index (κ3) is 2.93. The average molecular weight is 275 g/mol. The Bertz CT molecular complexity index is 587. The zero-order valence-electron chi connectivity index (χ0n) is 11.2. The summed E-state index contributed by atoms with van der Waals surface area (Å²) in [4.78, 5) is 17.6. The van der Waals surface area contributed by atoms with E-state index in [0.717, 1.165) is 10.4 Å². The number of aryl methyl sites for hydroxylation is 1. The van der Waals surface area contributed by atoms with E-state index in [0.29, 0.717) is 10.8 Å². The maximum atomic E-state index is 12.4. The van der Waals surface area contributed by atoms with Crippen LogP contribution in [0.2, 0.25) is 0 Å². The Labute approximate surface area is 116 Å². The van der Waals surface area contributed by atoms with Crippen molar-refractivity contribution in [3.05, 3.63) is 40.9 Å². The van der Waals surface area contributed by atoms with Gasteiger partial charge in [-0.1, -0.05) is 12.1 Å². The second-order valence-electron chi connectivity index (χ2n) is 4.98. The number of hydrogen-bond acceptors (Lipinski definition) is 4. The van der Waals surface area contributed by atoms with Crippen LogP contribution in [0.4, 0.5) is 10.8 Å². The number of benzene rings is 1. The zero-order chi connectivity index (χ0) is 14.0. The summed E-state index contributed by atoms with van der Waals surface area (Å²) in [6.45, 7) is 5.72. The lowest BCUT2D eigenvalue weighted by Crippen LogP contribution is -2.34. The minimum Gasteiger partial charge on any atom is -0.399 e. The lowest BCUT2D eigenvalue weighted by Gasteiger charge is -2.23. The van der Waals surface area contributed by atoms with Gasteiger partial charge in [-0.15, -0.1) is 11.3 Å². The second kappa shape index (κ2) is 5.01. The van der Waals surface area contributed by atoms with E-state index in [1.54, 1.807) is 18.3 Å². The molecular formula is C14H17N3OS. The Morgan fingerprint density at radius 2 is 1.95 bits per heavy atom. The number of nitrogens with two attached hydrogens (primary N) is 1. The van der Waals surface area contributed by atoms with E-state index < -0.39 is 5.41 Å². The Kier molecular flexibility index (Phi) is 3.57. The summed E-state index contributed by atoms with van der Waals surface area (Å²) in [6, 6.07) is 7.36. The molecule has 1 amide bonds. The molecule has 19 heavy (non-hydrogen) atoms. The summed E-state index contributed by atoms with van der Waals surface area (Å²) in [6.07, 6.45) is 1.75. The van der Waals surface area contributed by atoms with Gasteiger partial charge in [0.05, 0.1) is 5.41 Å². The van der Waals surface area contributed by atoms with Crippen LogP contribution in [0.1, 0.15) is 24.3 Å². The molecule has 3 N–H and O–H groups in total. The highest BCUT2D eigenvalue weighted by Crippen LogP contribution is 2.27. The van der Waals surface area contributed by atoms with Crippen LogP contribution in [-0.2, 0) is 10.2 Å². The monoisotopic (exact) mass is 275 g/mol. The van der Waals surface area contributed by atoms with Crippen molar-refractivity contribution in [3.63, 3.8) is 0 Å². The van der Waals surface area contributed by atoms with E-state index in [1.807, 2.05) is 32.9 Å². The number of aromatic nitrogens is 1. The molecule has 0 saturated heterocycles. The number of thiazole rings is 1. The number of nitrogens with zero attached hydrogens (tertiary/aromatic N) is 1. The van der Waals surface area contributed by atoms with Gasteiger partial charge in [-0.05, 0) is 38.5 Å². The number of anilines is 2. The third-order valence-electron chi connectivity index (χ3n) is 3.04. The van der Waals surface area contributed by atoms with Gasteiger partial charge in [0.2, 0.25) is 5.91 Å². The standard InChI is InChI=1S/C14H17N3OS/c1-9-8-16-13(19-9)17-12(18)14(2,3)10-4-6-11(15)7-5-10/h4-8H,15H2,1-3H3,(H,16,17,18). The first-order valence-corrected chi connectivity index (χ1v) is 6.81. The molecule has 2 aromatic rings. The Morgan fingerprint density at radius 3 is 2.47 bits per heavy atom. The van der Waals surface area contributed by atoms with Crippen LogP contribution in [0.3, 0.4) is 0 Å². The van der Waals surface area contributed by atoms with Gasteiger partial charge in [0.1, 0.15) is 0 Å². The number of carbonyl (C=O) groups excluding carboxylic acids is 1. The van der Waals surface area contributed by atoms with E-state index in [-0.39, 0.29) is 5.91 Å². The summed E-state index contributed by atoms with van der Waals surface area (Å²) in [5.41, 5.74) is 6.65. The first kappa shape index (κ1) is 13.5. The van der Waals surface area contributed by atoms with Crippen molar-refractivity contribution in [2.45, 2.75) is 26.2 Å². The van der Waals surface area contributed by atoms with E-state index in [4.69, 9.17) is 5.73 Å². The van der Waals surface area contributed by atoms with Crippen LogP contribution >= 0.6 is 11.3 Å². The molecule has 0 saturated carbocycles. The van der Waals surface area contributed by atoms with E-state index >= 15 is 0 Å². The molecule has 4 nitrogen and oxygen atoms in total. The molecule has 1 aromatic carbocycles. The van der Waals surface area contributed by atoms with Crippen molar-refractivity contribution >= 4 is 28.1 Å². The Balaban J connectivity index is 2.19. The number of nitrogens with one attached hydrogen (secondary N) is 1. The van der Waals surface area contributed by atoms with Crippen molar-refractivity contribution in [1.82, 2.24) is 4.98 Å². The van der Waals surface area contributed by atoms with Crippen molar-refractivity contribution < 1.29 is 4.79 Å². The molecule has 0 aliphatic heterocycles. The van der Waals surface area contributed by atoms with Crippen molar-refractivity contribution in [2.75, 3.05) is 11.1 Å². The Morgan fingerprint density at radius 1 is 1.32 bits per heavy atom. The molecule has 0 spiro atoms. The molecule has 0 aliphatic rings. The highest BCUT2D eigenvalue weighted by Gasteiger charge is 2.30. The van der Waals surface area contributed by atoms with Gasteiger partial charge in [0, 0.05) is 16.8 Å². The molecule has 0 bridgehead atoms. The minimum absolute atomic E-state index is 0.0772. The van der Waals surface area contributed by atoms with Crippen molar-refractivity contribution in [3.8, 4) is 0 Å². The van der Waals surface area contributed by atoms with Gasteiger partial charge in [-0.2, -0.15) is 0 Å². The van der Waals surface area contributed by atoms with Crippen LogP contribution in [0.5, 0.6) is 0 Å². The summed E-state index contributed by atoms with van der Waals surface area (Å²) in [5.74, 6) is -0.0772. The van der Waals surface area contributed by atoms with Crippen LogP contribution in [-0.4, -0.2) is 10.9 Å². The smallest absolute Gasteiger partial charge is 0.236 e. The number of amides is 1. The molecule has 1 aromatic heterocycles. The molecule has 100 valence electrons.